The van der Waals surface area contributed by atoms with Gasteiger partial charge in [-0.3, -0.25) is 14.6 Å². The molecule has 0 aromatic carbocycles. The third-order valence-electron chi connectivity index (χ3n) is 4.94. The van der Waals surface area contributed by atoms with Crippen molar-refractivity contribution in [3.8, 4) is 0 Å². The molecule has 2 atom stereocenters. The van der Waals surface area contributed by atoms with Crippen LogP contribution < -0.4 is 10.6 Å². The van der Waals surface area contributed by atoms with Crippen LogP contribution in [-0.2, 0) is 6.54 Å². The number of rotatable bonds is 7. The lowest BCUT2D eigenvalue weighted by molar-refractivity contribution is 0.265. The number of aryl methyl sites for hydroxylation is 3. The standard InChI is InChI=1S/C19H36N6/c1-7-20-19(22-18-13-24(14(2)3)12-15(18)4)21-9-8-10-25-17(6)11-16(5)23-25/h11,14-15,18H,7-10,12-13H2,1-6H3,(H2,20,21,22). The summed E-state index contributed by atoms with van der Waals surface area (Å²) in [7, 11) is 0. The van der Waals surface area contributed by atoms with E-state index in [-0.39, 0.29) is 0 Å². The Kier molecular flexibility index (Phi) is 7.29. The van der Waals surface area contributed by atoms with Gasteiger partial charge in [-0.25, -0.2) is 0 Å². The fraction of sp³-hybridized carbons (Fsp3) is 0.789. The van der Waals surface area contributed by atoms with Gasteiger partial charge in [0.05, 0.1) is 5.69 Å². The normalized spacial score (nSPS) is 22.0. The average Bonchev–Trinajstić information content (AvgIpc) is 3.06. The summed E-state index contributed by atoms with van der Waals surface area (Å²) in [5.74, 6) is 1.58. The summed E-state index contributed by atoms with van der Waals surface area (Å²) < 4.78 is 2.07. The second-order valence-electron chi connectivity index (χ2n) is 7.54. The van der Waals surface area contributed by atoms with Crippen LogP contribution in [0, 0.1) is 19.8 Å². The summed E-state index contributed by atoms with van der Waals surface area (Å²) in [6.07, 6.45) is 0.997. The first-order chi connectivity index (χ1) is 11.9. The number of guanidine groups is 1. The molecule has 2 rings (SSSR count). The van der Waals surface area contributed by atoms with Crippen LogP contribution in [0.3, 0.4) is 0 Å². The number of aromatic nitrogens is 2. The number of nitrogens with one attached hydrogen (secondary N) is 2. The van der Waals surface area contributed by atoms with E-state index in [0.717, 1.165) is 50.8 Å². The number of likely N-dealkylation sites (tertiary alicyclic amines) is 1. The molecule has 0 radical (unpaired) electrons. The van der Waals surface area contributed by atoms with Gasteiger partial charge in [-0.15, -0.1) is 0 Å². The Morgan fingerprint density at radius 1 is 1.36 bits per heavy atom. The predicted octanol–water partition coefficient (Wildman–Crippen LogP) is 2.17. The van der Waals surface area contributed by atoms with Crippen molar-refractivity contribution in [2.24, 2.45) is 10.9 Å². The molecule has 1 aliphatic heterocycles. The average molecular weight is 349 g/mol. The summed E-state index contributed by atoms with van der Waals surface area (Å²) in [6, 6.07) is 3.20. The van der Waals surface area contributed by atoms with Crippen LogP contribution in [0.5, 0.6) is 0 Å². The summed E-state index contributed by atoms with van der Waals surface area (Å²) in [6.45, 7) is 18.0. The molecule has 1 fully saturated rings. The number of nitrogens with zero attached hydrogens (tertiary/aromatic N) is 4. The second kappa shape index (κ2) is 9.22. The Balaban J connectivity index is 1.84. The molecule has 1 aromatic rings. The Bertz CT molecular complexity index is 562. The minimum atomic E-state index is 0.469. The molecule has 6 nitrogen and oxygen atoms in total. The lowest BCUT2D eigenvalue weighted by atomic mass is 10.1. The molecule has 6 heteroatoms. The summed E-state index contributed by atoms with van der Waals surface area (Å²) in [5.41, 5.74) is 2.31. The first-order valence-electron chi connectivity index (χ1n) is 9.70. The van der Waals surface area contributed by atoms with E-state index in [1.165, 1.54) is 5.69 Å². The summed E-state index contributed by atoms with van der Waals surface area (Å²) >= 11 is 0. The second-order valence-corrected chi connectivity index (χ2v) is 7.54. The molecule has 1 aromatic heterocycles. The molecule has 2 N–H and O–H groups in total. The molecule has 142 valence electrons. The zero-order valence-electron chi connectivity index (χ0n) is 16.8. The van der Waals surface area contributed by atoms with Crippen molar-refractivity contribution >= 4 is 5.96 Å². The fourth-order valence-electron chi connectivity index (χ4n) is 3.42. The zero-order valence-corrected chi connectivity index (χ0v) is 16.8. The molecule has 0 amide bonds. The molecule has 2 unspecified atom stereocenters. The topological polar surface area (TPSA) is 57.5 Å². The third kappa shape index (κ3) is 5.73. The molecule has 0 aliphatic carbocycles. The smallest absolute Gasteiger partial charge is 0.191 e. The minimum absolute atomic E-state index is 0.469. The third-order valence-corrected chi connectivity index (χ3v) is 4.94. The van der Waals surface area contributed by atoms with Crippen LogP contribution in [-0.4, -0.2) is 58.9 Å². The minimum Gasteiger partial charge on any atom is -0.357 e. The van der Waals surface area contributed by atoms with Crippen molar-refractivity contribution in [1.82, 2.24) is 25.3 Å². The maximum Gasteiger partial charge on any atom is 0.191 e. The van der Waals surface area contributed by atoms with Gasteiger partial charge in [-0.1, -0.05) is 6.92 Å². The van der Waals surface area contributed by atoms with Crippen molar-refractivity contribution in [1.29, 1.82) is 0 Å². The van der Waals surface area contributed by atoms with Gasteiger partial charge < -0.3 is 10.6 Å². The van der Waals surface area contributed by atoms with Crippen LogP contribution in [0.2, 0.25) is 0 Å². The molecule has 0 bridgehead atoms. The first-order valence-corrected chi connectivity index (χ1v) is 9.70. The molecule has 0 saturated carbocycles. The fourth-order valence-corrected chi connectivity index (χ4v) is 3.42. The van der Waals surface area contributed by atoms with E-state index in [2.05, 4.69) is 66.0 Å². The van der Waals surface area contributed by atoms with Gasteiger partial charge in [0.25, 0.3) is 0 Å². The highest BCUT2D eigenvalue weighted by Gasteiger charge is 2.31. The SMILES string of the molecule is CCNC(=NCCCn1nc(C)cc1C)NC1CN(C(C)C)CC1C. The highest BCUT2D eigenvalue weighted by molar-refractivity contribution is 5.80. The van der Waals surface area contributed by atoms with Crippen molar-refractivity contribution in [3.05, 3.63) is 17.5 Å². The zero-order chi connectivity index (χ0) is 18.4. The quantitative estimate of drug-likeness (QED) is 0.450. The van der Waals surface area contributed by atoms with E-state index in [9.17, 15) is 0 Å². The molecule has 25 heavy (non-hydrogen) atoms. The molecule has 1 saturated heterocycles. The van der Waals surface area contributed by atoms with E-state index in [1.54, 1.807) is 0 Å². The summed E-state index contributed by atoms with van der Waals surface area (Å²) in [5, 5.41) is 11.5. The van der Waals surface area contributed by atoms with Gasteiger partial charge in [-0.2, -0.15) is 5.10 Å². The van der Waals surface area contributed by atoms with Gasteiger partial charge in [-0.05, 0) is 53.0 Å². The van der Waals surface area contributed by atoms with Gasteiger partial charge in [0, 0.05) is 50.5 Å². The van der Waals surface area contributed by atoms with E-state index in [1.807, 2.05) is 6.92 Å². The van der Waals surface area contributed by atoms with Crippen molar-refractivity contribution in [3.63, 3.8) is 0 Å². The highest BCUT2D eigenvalue weighted by Crippen LogP contribution is 2.18. The Morgan fingerprint density at radius 3 is 2.68 bits per heavy atom. The van der Waals surface area contributed by atoms with Crippen LogP contribution in [0.25, 0.3) is 0 Å². The highest BCUT2D eigenvalue weighted by atomic mass is 15.3. The van der Waals surface area contributed by atoms with Gasteiger partial charge in [0.15, 0.2) is 5.96 Å². The van der Waals surface area contributed by atoms with E-state index in [4.69, 9.17) is 4.99 Å². The summed E-state index contributed by atoms with van der Waals surface area (Å²) in [4.78, 5) is 7.30. The van der Waals surface area contributed by atoms with Gasteiger partial charge in [0.2, 0.25) is 0 Å². The predicted molar refractivity (Wildman–Crippen MR) is 105 cm³/mol. The van der Waals surface area contributed by atoms with Gasteiger partial charge >= 0.3 is 0 Å². The number of aliphatic imine (C=N–C) groups is 1. The Hall–Kier alpha value is -1.56. The first kappa shape index (κ1) is 19.8. The van der Waals surface area contributed by atoms with E-state index < -0.39 is 0 Å². The van der Waals surface area contributed by atoms with E-state index in [0.29, 0.717) is 18.0 Å². The Labute approximate surface area is 153 Å². The number of hydrogen-bond acceptors (Lipinski definition) is 3. The maximum atomic E-state index is 4.77. The van der Waals surface area contributed by atoms with Crippen LogP contribution >= 0.6 is 0 Å². The lowest BCUT2D eigenvalue weighted by Gasteiger charge is -2.22. The molecule has 2 heterocycles. The van der Waals surface area contributed by atoms with Crippen LogP contribution in [0.4, 0.5) is 0 Å². The molecular formula is C19H36N6. The van der Waals surface area contributed by atoms with E-state index >= 15 is 0 Å². The van der Waals surface area contributed by atoms with Crippen LogP contribution in [0.1, 0.15) is 45.5 Å². The monoisotopic (exact) mass is 348 g/mol. The molecular weight excluding hydrogens is 312 g/mol. The lowest BCUT2D eigenvalue weighted by Crippen LogP contribution is -2.46. The van der Waals surface area contributed by atoms with Gasteiger partial charge in [0.1, 0.15) is 0 Å². The largest absolute Gasteiger partial charge is 0.357 e. The van der Waals surface area contributed by atoms with Crippen molar-refractivity contribution < 1.29 is 0 Å². The number of hydrogen-bond donors (Lipinski definition) is 2. The molecule has 1 aliphatic rings. The van der Waals surface area contributed by atoms with Crippen molar-refractivity contribution in [2.75, 3.05) is 26.2 Å². The molecule has 0 spiro atoms. The van der Waals surface area contributed by atoms with Crippen LogP contribution in [0.15, 0.2) is 11.1 Å². The Morgan fingerprint density at radius 2 is 2.12 bits per heavy atom. The maximum absolute atomic E-state index is 4.77. The van der Waals surface area contributed by atoms with Crippen molar-refractivity contribution in [2.45, 2.75) is 66.6 Å².